The first-order valence-corrected chi connectivity index (χ1v) is 15.2. The molecule has 2 aromatic rings. The van der Waals surface area contributed by atoms with Crippen LogP contribution in [0.25, 0.3) is 11.0 Å². The van der Waals surface area contributed by atoms with Crippen LogP contribution in [0.1, 0.15) is 82.4 Å². The van der Waals surface area contributed by atoms with E-state index in [1.54, 1.807) is 24.7 Å². The lowest BCUT2D eigenvalue weighted by Crippen LogP contribution is -2.58. The Morgan fingerprint density at radius 3 is 2.27 bits per heavy atom. The topological polar surface area (TPSA) is 117 Å². The van der Waals surface area contributed by atoms with Crippen molar-refractivity contribution in [3.05, 3.63) is 40.3 Å². The van der Waals surface area contributed by atoms with Crippen LogP contribution in [0.2, 0.25) is 0 Å². The van der Waals surface area contributed by atoms with Crippen molar-refractivity contribution < 1.29 is 19.5 Å². The van der Waals surface area contributed by atoms with Crippen molar-refractivity contribution in [3.8, 4) is 0 Å². The van der Waals surface area contributed by atoms with Gasteiger partial charge in [-0.05, 0) is 68.9 Å². The second kappa shape index (κ2) is 11.5. The molecule has 1 aromatic carbocycles. The van der Waals surface area contributed by atoms with Crippen molar-refractivity contribution in [2.75, 3.05) is 20.7 Å². The van der Waals surface area contributed by atoms with Gasteiger partial charge in [0.2, 0.25) is 5.71 Å². The molecule has 2 saturated heterocycles. The van der Waals surface area contributed by atoms with Gasteiger partial charge in [0.25, 0.3) is 11.5 Å². The van der Waals surface area contributed by atoms with Crippen LogP contribution in [0.3, 0.4) is 0 Å². The molecule has 4 fully saturated rings. The molecule has 4 bridgehead atoms. The molecule has 2 aliphatic heterocycles. The van der Waals surface area contributed by atoms with E-state index in [9.17, 15) is 19.5 Å². The van der Waals surface area contributed by atoms with Crippen LogP contribution < -0.4 is 5.56 Å². The molecule has 4 aliphatic rings. The van der Waals surface area contributed by atoms with E-state index in [1.807, 2.05) is 18.2 Å². The number of oxime groups is 1. The zero-order chi connectivity index (χ0) is 28.7. The Hall–Kier alpha value is -3.27. The maximum Gasteiger partial charge on any atom is 0.360 e. The number of hydrogen-bond donors (Lipinski definition) is 1. The van der Waals surface area contributed by atoms with Crippen molar-refractivity contribution in [1.82, 2.24) is 19.4 Å². The molecule has 1 N–H and O–H groups in total. The van der Waals surface area contributed by atoms with E-state index in [0.29, 0.717) is 29.2 Å². The summed E-state index contributed by atoms with van der Waals surface area (Å²) < 4.78 is 1.78. The second-order valence-corrected chi connectivity index (χ2v) is 12.8. The van der Waals surface area contributed by atoms with Gasteiger partial charge in [-0.3, -0.25) is 14.5 Å². The number of para-hydroxylation sites is 2. The fraction of sp³-hybridized carbons (Fsp3) is 0.645. The van der Waals surface area contributed by atoms with Gasteiger partial charge >= 0.3 is 5.97 Å². The van der Waals surface area contributed by atoms with E-state index in [4.69, 9.17) is 4.84 Å². The van der Waals surface area contributed by atoms with E-state index in [-0.39, 0.29) is 17.6 Å². The Bertz CT molecular complexity index is 1380. The summed E-state index contributed by atoms with van der Waals surface area (Å²) in [4.78, 5) is 51.9. The molecule has 0 radical (unpaired) electrons. The van der Waals surface area contributed by atoms with Gasteiger partial charge in [0.15, 0.2) is 12.3 Å². The van der Waals surface area contributed by atoms with Crippen molar-refractivity contribution in [1.29, 1.82) is 0 Å². The average molecular weight is 564 g/mol. The SMILES string of the molecule is CN(C)C(=O)CO/N=C(\C(=O)O)c1nc2ccccc2n(C2C[C@H]3CCC[C@@H](C2)N3C2C[C@H]3CCC[C@@H](C2)C3)c1=O. The van der Waals surface area contributed by atoms with Crippen LogP contribution in [0.5, 0.6) is 0 Å². The molecule has 2 saturated carbocycles. The molecule has 220 valence electrons. The Balaban J connectivity index is 1.33. The maximum absolute atomic E-state index is 14.1. The zero-order valence-electron chi connectivity index (χ0n) is 24.1. The number of carboxylic acid groups (broad SMARTS) is 1. The lowest BCUT2D eigenvalue weighted by atomic mass is 9.68. The number of carboxylic acids is 1. The highest BCUT2D eigenvalue weighted by atomic mass is 16.6. The summed E-state index contributed by atoms with van der Waals surface area (Å²) in [5.74, 6) is -0.0704. The van der Waals surface area contributed by atoms with Gasteiger partial charge in [-0.15, -0.1) is 0 Å². The van der Waals surface area contributed by atoms with E-state index in [2.05, 4.69) is 15.0 Å². The maximum atomic E-state index is 14.1. The van der Waals surface area contributed by atoms with Gasteiger partial charge in [-0.2, -0.15) is 0 Å². The van der Waals surface area contributed by atoms with Crippen molar-refractivity contribution in [2.45, 2.75) is 94.8 Å². The predicted molar refractivity (Wildman–Crippen MR) is 155 cm³/mol. The summed E-state index contributed by atoms with van der Waals surface area (Å²) in [6.45, 7) is -0.434. The molecule has 3 heterocycles. The molecular weight excluding hydrogens is 522 g/mol. The Morgan fingerprint density at radius 2 is 1.61 bits per heavy atom. The van der Waals surface area contributed by atoms with Crippen molar-refractivity contribution >= 4 is 28.6 Å². The molecule has 6 rings (SSSR count). The summed E-state index contributed by atoms with van der Waals surface area (Å²) >= 11 is 0. The van der Waals surface area contributed by atoms with Gasteiger partial charge in [-0.25, -0.2) is 9.78 Å². The molecule has 41 heavy (non-hydrogen) atoms. The van der Waals surface area contributed by atoms with Gasteiger partial charge in [0.1, 0.15) is 0 Å². The molecule has 6 atom stereocenters. The molecule has 1 aromatic heterocycles. The smallest absolute Gasteiger partial charge is 0.360 e. The first-order chi connectivity index (χ1) is 19.8. The number of carbonyl (C=O) groups is 2. The Morgan fingerprint density at radius 1 is 0.951 bits per heavy atom. The third kappa shape index (κ3) is 5.50. The monoisotopic (exact) mass is 563 g/mol. The fourth-order valence-corrected chi connectivity index (χ4v) is 8.27. The Kier molecular flexibility index (Phi) is 7.85. The van der Waals surface area contributed by atoms with E-state index in [0.717, 1.165) is 37.5 Å². The highest BCUT2D eigenvalue weighted by Gasteiger charge is 2.45. The number of aromatic nitrogens is 2. The van der Waals surface area contributed by atoms with Crippen molar-refractivity contribution in [3.63, 3.8) is 0 Å². The van der Waals surface area contributed by atoms with Crippen LogP contribution in [0.15, 0.2) is 34.2 Å². The largest absolute Gasteiger partial charge is 0.476 e. The predicted octanol–water partition coefficient (Wildman–Crippen LogP) is 3.82. The number of fused-ring (bicyclic) bond motifs is 5. The summed E-state index contributed by atoms with van der Waals surface area (Å²) in [7, 11) is 3.13. The number of piperidine rings is 2. The second-order valence-electron chi connectivity index (χ2n) is 12.8. The highest BCUT2D eigenvalue weighted by Crippen LogP contribution is 2.47. The fourth-order valence-electron chi connectivity index (χ4n) is 8.27. The third-order valence-electron chi connectivity index (χ3n) is 9.96. The number of aliphatic carboxylic acids is 1. The van der Waals surface area contributed by atoms with Gasteiger partial charge in [-0.1, -0.05) is 43.0 Å². The van der Waals surface area contributed by atoms with E-state index in [1.165, 1.54) is 49.8 Å². The summed E-state index contributed by atoms with van der Waals surface area (Å²) in [5, 5.41) is 13.7. The quantitative estimate of drug-likeness (QED) is 0.402. The molecule has 2 aliphatic carbocycles. The van der Waals surface area contributed by atoms with Gasteiger partial charge in [0.05, 0.1) is 11.0 Å². The van der Waals surface area contributed by atoms with Gasteiger partial charge < -0.3 is 19.4 Å². The summed E-state index contributed by atoms with van der Waals surface area (Å²) in [6, 6.07) is 8.83. The number of benzene rings is 1. The highest BCUT2D eigenvalue weighted by molar-refractivity contribution is 6.41. The number of nitrogens with zero attached hydrogens (tertiary/aromatic N) is 5. The normalized spacial score (nSPS) is 30.1. The number of rotatable bonds is 7. The third-order valence-corrected chi connectivity index (χ3v) is 9.96. The molecule has 10 nitrogen and oxygen atoms in total. The summed E-state index contributed by atoms with van der Waals surface area (Å²) in [6.07, 6.45) is 13.4. The van der Waals surface area contributed by atoms with Gasteiger partial charge in [0, 0.05) is 38.3 Å². The Labute approximate surface area is 240 Å². The summed E-state index contributed by atoms with van der Waals surface area (Å²) in [5.41, 5.74) is -0.0868. The van der Waals surface area contributed by atoms with Crippen LogP contribution >= 0.6 is 0 Å². The molecular formula is C31H41N5O5. The first-order valence-electron chi connectivity index (χ1n) is 15.2. The molecule has 2 unspecified atom stereocenters. The number of likely N-dealkylation sites (N-methyl/N-ethyl adjacent to an activating group) is 1. The minimum Gasteiger partial charge on any atom is -0.476 e. The van der Waals surface area contributed by atoms with Crippen molar-refractivity contribution in [2.24, 2.45) is 17.0 Å². The average Bonchev–Trinajstić information content (AvgIpc) is 2.94. The first kappa shape index (κ1) is 27.9. The van der Waals surface area contributed by atoms with E-state index < -0.39 is 23.8 Å². The zero-order valence-corrected chi connectivity index (χ0v) is 24.1. The minimum atomic E-state index is -1.43. The van der Waals surface area contributed by atoms with E-state index >= 15 is 0 Å². The standard InChI is InChI=1S/C31H41N5O5/c1-34(2)27(37)18-41-33-29(31(39)40)28-30(38)36(26-12-4-3-11-25(26)32-28)24-16-21-9-6-10-22(17-24)35(21)23-14-19-7-5-8-20(13-19)15-23/h3-4,11-12,19-24H,5-10,13-18H2,1-2H3,(H,39,40)/b33-29-/t19-,20+,21-,22+,23?,24?. The minimum absolute atomic E-state index is 0.0601. The molecule has 10 heteroatoms. The molecule has 1 amide bonds. The molecule has 0 spiro atoms. The number of carbonyl (C=O) groups excluding carboxylic acids is 1. The number of hydrogen-bond acceptors (Lipinski definition) is 7. The van der Waals surface area contributed by atoms with Crippen LogP contribution in [0, 0.1) is 11.8 Å². The lowest BCUT2D eigenvalue weighted by molar-refractivity contribution is -0.134. The lowest BCUT2D eigenvalue weighted by Gasteiger charge is -2.55. The van der Waals surface area contributed by atoms with Crippen LogP contribution in [-0.4, -0.2) is 80.9 Å². The van der Waals surface area contributed by atoms with Crippen LogP contribution in [0.4, 0.5) is 0 Å². The van der Waals surface area contributed by atoms with Crippen LogP contribution in [-0.2, 0) is 14.4 Å². The number of amides is 1.